The lowest BCUT2D eigenvalue weighted by Crippen LogP contribution is -2.24. The van der Waals surface area contributed by atoms with E-state index < -0.39 is 11.7 Å². The molecule has 0 unspecified atom stereocenters. The van der Waals surface area contributed by atoms with Gasteiger partial charge in [0, 0.05) is 23.2 Å². The number of halogens is 3. The van der Waals surface area contributed by atoms with Gasteiger partial charge in [-0.25, -0.2) is 0 Å². The highest BCUT2D eigenvalue weighted by atomic mass is 19.4. The molecule has 0 bridgehead atoms. The fourth-order valence-electron chi connectivity index (χ4n) is 2.79. The van der Waals surface area contributed by atoms with Gasteiger partial charge < -0.3 is 5.32 Å². The van der Waals surface area contributed by atoms with Crippen LogP contribution in [0.5, 0.6) is 0 Å². The highest BCUT2D eigenvalue weighted by molar-refractivity contribution is 5.94. The zero-order valence-electron chi connectivity index (χ0n) is 16.5. The quantitative estimate of drug-likeness (QED) is 0.602. The molecule has 1 amide bonds. The zero-order valence-corrected chi connectivity index (χ0v) is 16.5. The molecule has 1 aromatic heterocycles. The van der Waals surface area contributed by atoms with Gasteiger partial charge in [0.1, 0.15) is 0 Å². The van der Waals surface area contributed by atoms with Crippen LogP contribution in [0.15, 0.2) is 42.5 Å². The summed E-state index contributed by atoms with van der Waals surface area (Å²) < 4.78 is 39.1. The van der Waals surface area contributed by atoms with E-state index in [9.17, 15) is 18.0 Å². The van der Waals surface area contributed by atoms with E-state index in [-0.39, 0.29) is 23.1 Å². The normalized spacial score (nSPS) is 11.4. The van der Waals surface area contributed by atoms with Gasteiger partial charge in [-0.15, -0.1) is 20.4 Å². The van der Waals surface area contributed by atoms with Gasteiger partial charge >= 0.3 is 6.18 Å². The molecule has 6 nitrogen and oxygen atoms in total. The molecule has 0 fully saturated rings. The molecule has 3 rings (SSSR count). The lowest BCUT2D eigenvalue weighted by molar-refractivity contribution is -0.137. The summed E-state index contributed by atoms with van der Waals surface area (Å²) in [5.74, 6) is 0.0442. The molecule has 0 aliphatic rings. The van der Waals surface area contributed by atoms with E-state index in [0.717, 1.165) is 25.0 Å². The van der Waals surface area contributed by atoms with Crippen LogP contribution in [0.3, 0.4) is 0 Å². The number of alkyl halides is 3. The van der Waals surface area contributed by atoms with Gasteiger partial charge in [0.15, 0.2) is 0 Å². The Balaban J connectivity index is 1.78. The van der Waals surface area contributed by atoms with Crippen molar-refractivity contribution in [2.24, 2.45) is 0 Å². The number of carbonyl (C=O) groups is 1. The topological polar surface area (TPSA) is 80.7 Å². The van der Waals surface area contributed by atoms with Crippen molar-refractivity contribution in [3.05, 3.63) is 59.2 Å². The molecule has 3 aromatic rings. The fraction of sp³-hybridized carbons (Fsp3) is 0.286. The average molecular weight is 415 g/mol. The minimum Gasteiger partial charge on any atom is -0.352 e. The molecule has 1 heterocycles. The zero-order chi connectivity index (χ0) is 21.7. The Morgan fingerprint density at radius 3 is 2.10 bits per heavy atom. The van der Waals surface area contributed by atoms with E-state index in [4.69, 9.17) is 0 Å². The van der Waals surface area contributed by atoms with Gasteiger partial charge in [0.05, 0.1) is 5.56 Å². The number of hydrogen-bond donors (Lipinski definition) is 1. The van der Waals surface area contributed by atoms with Crippen LogP contribution in [0.25, 0.3) is 22.8 Å². The first-order valence-electron chi connectivity index (χ1n) is 9.43. The molecule has 0 spiro atoms. The van der Waals surface area contributed by atoms with E-state index in [2.05, 4.69) is 25.7 Å². The molecule has 0 atom stereocenters. The summed E-state index contributed by atoms with van der Waals surface area (Å²) in [6.07, 6.45) is -2.56. The van der Waals surface area contributed by atoms with Gasteiger partial charge in [-0.05, 0) is 49.2 Å². The van der Waals surface area contributed by atoms with Crippen LogP contribution < -0.4 is 5.32 Å². The molecule has 2 aromatic carbocycles. The number of nitrogens with one attached hydrogen (secondary N) is 1. The van der Waals surface area contributed by atoms with Crippen molar-refractivity contribution >= 4 is 5.91 Å². The summed E-state index contributed by atoms with van der Waals surface area (Å²) in [4.78, 5) is 12.0. The number of hydrogen-bond acceptors (Lipinski definition) is 5. The maximum absolute atomic E-state index is 13.0. The first kappa shape index (κ1) is 21.4. The van der Waals surface area contributed by atoms with Crippen molar-refractivity contribution in [1.29, 1.82) is 0 Å². The monoisotopic (exact) mass is 415 g/mol. The Bertz CT molecular complexity index is 1020. The van der Waals surface area contributed by atoms with E-state index >= 15 is 0 Å². The molecule has 0 aliphatic carbocycles. The molecule has 0 aliphatic heterocycles. The second kappa shape index (κ2) is 8.98. The highest BCUT2D eigenvalue weighted by Crippen LogP contribution is 2.32. The molecule has 0 saturated carbocycles. The summed E-state index contributed by atoms with van der Waals surface area (Å²) >= 11 is 0. The Morgan fingerprint density at radius 1 is 0.933 bits per heavy atom. The van der Waals surface area contributed by atoms with Gasteiger partial charge in [-0.2, -0.15) is 13.2 Å². The smallest absolute Gasteiger partial charge is 0.352 e. The molecular weight excluding hydrogens is 395 g/mol. The van der Waals surface area contributed by atoms with Crippen molar-refractivity contribution < 1.29 is 18.0 Å². The number of aryl methyl sites for hydroxylation is 1. The van der Waals surface area contributed by atoms with Crippen LogP contribution in [0.2, 0.25) is 0 Å². The first-order chi connectivity index (χ1) is 14.3. The lowest BCUT2D eigenvalue weighted by Gasteiger charge is -2.09. The maximum atomic E-state index is 13.0. The number of carbonyl (C=O) groups excluding carboxylic acids is 1. The molecule has 30 heavy (non-hydrogen) atoms. The molecule has 156 valence electrons. The average Bonchev–Trinajstić information content (AvgIpc) is 2.73. The molecule has 9 heteroatoms. The Labute approximate surface area is 171 Å². The molecule has 0 saturated heterocycles. The summed E-state index contributed by atoms with van der Waals surface area (Å²) in [5, 5.41) is 18.6. The van der Waals surface area contributed by atoms with Gasteiger partial charge in [-0.1, -0.05) is 25.5 Å². The maximum Gasteiger partial charge on any atom is 0.416 e. The van der Waals surface area contributed by atoms with Crippen molar-refractivity contribution in [1.82, 2.24) is 25.7 Å². The third-order valence-corrected chi connectivity index (χ3v) is 4.36. The minimum absolute atomic E-state index is 0.000118. The van der Waals surface area contributed by atoms with Crippen LogP contribution in [0.1, 0.15) is 41.3 Å². The standard InChI is InChI=1S/C21H20F3N5O/c1-3-4-9-25-20(30)15-7-5-14(6-8-15)18-26-28-19(29-27-18)16-10-13(2)11-17(12-16)21(22,23)24/h5-8,10-12H,3-4,9H2,1-2H3,(H,25,30). The Hall–Kier alpha value is -3.36. The number of nitrogens with zero attached hydrogens (tertiary/aromatic N) is 4. The van der Waals surface area contributed by atoms with Crippen molar-refractivity contribution in [2.45, 2.75) is 32.9 Å². The van der Waals surface area contributed by atoms with Crippen LogP contribution >= 0.6 is 0 Å². The van der Waals surface area contributed by atoms with Crippen LogP contribution in [-0.4, -0.2) is 32.8 Å². The second-order valence-electron chi connectivity index (χ2n) is 6.82. The number of benzene rings is 2. The third-order valence-electron chi connectivity index (χ3n) is 4.36. The van der Waals surface area contributed by atoms with E-state index in [1.165, 1.54) is 0 Å². The third kappa shape index (κ3) is 5.16. The highest BCUT2D eigenvalue weighted by Gasteiger charge is 2.31. The van der Waals surface area contributed by atoms with Crippen molar-refractivity contribution in [3.63, 3.8) is 0 Å². The van der Waals surface area contributed by atoms with Crippen LogP contribution in [0.4, 0.5) is 13.2 Å². The minimum atomic E-state index is -4.47. The number of amides is 1. The van der Waals surface area contributed by atoms with Crippen LogP contribution in [0, 0.1) is 6.92 Å². The predicted molar refractivity (Wildman–Crippen MR) is 105 cm³/mol. The van der Waals surface area contributed by atoms with Gasteiger partial charge in [0.25, 0.3) is 5.91 Å². The van der Waals surface area contributed by atoms with E-state index in [1.54, 1.807) is 37.3 Å². The van der Waals surface area contributed by atoms with Gasteiger partial charge in [-0.3, -0.25) is 4.79 Å². The lowest BCUT2D eigenvalue weighted by atomic mass is 10.1. The van der Waals surface area contributed by atoms with Gasteiger partial charge in [0.2, 0.25) is 11.6 Å². The Kier molecular flexibility index (Phi) is 6.39. The SMILES string of the molecule is CCCCNC(=O)c1ccc(-c2nnc(-c3cc(C)cc(C(F)(F)F)c3)nn2)cc1. The number of rotatable bonds is 6. The molecular formula is C21H20F3N5O. The summed E-state index contributed by atoms with van der Waals surface area (Å²) in [5.41, 5.74) is 0.935. The number of aromatic nitrogens is 4. The fourth-order valence-corrected chi connectivity index (χ4v) is 2.79. The van der Waals surface area contributed by atoms with E-state index in [0.29, 0.717) is 23.2 Å². The predicted octanol–water partition coefficient (Wildman–Crippen LogP) is 4.46. The first-order valence-corrected chi connectivity index (χ1v) is 9.43. The largest absolute Gasteiger partial charge is 0.416 e. The Morgan fingerprint density at radius 2 is 1.53 bits per heavy atom. The van der Waals surface area contributed by atoms with Crippen molar-refractivity contribution in [2.75, 3.05) is 6.54 Å². The second-order valence-corrected chi connectivity index (χ2v) is 6.82. The summed E-state index contributed by atoms with van der Waals surface area (Å²) in [7, 11) is 0. The van der Waals surface area contributed by atoms with Crippen LogP contribution in [-0.2, 0) is 6.18 Å². The van der Waals surface area contributed by atoms with E-state index in [1.807, 2.05) is 6.92 Å². The van der Waals surface area contributed by atoms with Crippen molar-refractivity contribution in [3.8, 4) is 22.8 Å². The molecule has 1 N–H and O–H groups in total. The number of unbranched alkanes of at least 4 members (excludes halogenated alkanes) is 1. The summed E-state index contributed by atoms with van der Waals surface area (Å²) in [6, 6.07) is 10.2. The summed E-state index contributed by atoms with van der Waals surface area (Å²) in [6.45, 7) is 4.22. The molecule has 0 radical (unpaired) electrons.